The zero-order valence-corrected chi connectivity index (χ0v) is 18.4. The first kappa shape index (κ1) is 23.4. The Bertz CT molecular complexity index is 421. The Kier molecular flexibility index (Phi) is 10.8. The maximum Gasteiger partial charge on any atom is 0.193 e. The molecule has 1 unspecified atom stereocenters. The normalized spacial score (nSPS) is 13.5. The first-order valence-electron chi connectivity index (χ1n) is 9.66. The molecule has 0 saturated heterocycles. The molecule has 140 valence electrons. The van der Waals surface area contributed by atoms with Crippen molar-refractivity contribution in [2.75, 3.05) is 6.61 Å². The smallest absolute Gasteiger partial charge is 0.193 e. The number of unbranched alkanes of at least 4 members (excludes halogenated alkanes) is 3. The van der Waals surface area contributed by atoms with E-state index in [1.165, 1.54) is 25.7 Å². The standard InChI is InChI=1S/C21H40O2Si/c1-9-10-11-12-14-19(17-20(22)18(2)3)15-13-16-23-24(7,8)21(4,5)6/h18-19H,9-12,14,16-17H2,1-8H3. The topological polar surface area (TPSA) is 26.3 Å². The van der Waals surface area contributed by atoms with E-state index in [4.69, 9.17) is 4.43 Å². The predicted molar refractivity (Wildman–Crippen MR) is 108 cm³/mol. The molecule has 0 rings (SSSR count). The lowest BCUT2D eigenvalue weighted by Crippen LogP contribution is -2.40. The summed E-state index contributed by atoms with van der Waals surface area (Å²) in [7, 11) is -1.73. The predicted octanol–water partition coefficient (Wildman–Crippen LogP) is 6.21. The molecule has 0 aliphatic heterocycles. The molecular weight excluding hydrogens is 312 g/mol. The molecule has 0 saturated carbocycles. The van der Waals surface area contributed by atoms with Gasteiger partial charge >= 0.3 is 0 Å². The fourth-order valence-electron chi connectivity index (χ4n) is 2.14. The molecule has 0 amide bonds. The lowest BCUT2D eigenvalue weighted by molar-refractivity contribution is -0.122. The summed E-state index contributed by atoms with van der Waals surface area (Å²) in [6.07, 6.45) is 6.55. The van der Waals surface area contributed by atoms with Crippen LogP contribution in [0.3, 0.4) is 0 Å². The van der Waals surface area contributed by atoms with Gasteiger partial charge in [0.1, 0.15) is 5.78 Å². The van der Waals surface area contributed by atoms with Gasteiger partial charge in [-0.25, -0.2) is 0 Å². The molecule has 3 heteroatoms. The quantitative estimate of drug-likeness (QED) is 0.265. The Morgan fingerprint density at radius 1 is 1.12 bits per heavy atom. The maximum atomic E-state index is 12.1. The molecule has 0 N–H and O–H groups in total. The molecule has 0 fully saturated rings. The van der Waals surface area contributed by atoms with Crippen LogP contribution >= 0.6 is 0 Å². The van der Waals surface area contributed by atoms with Crippen LogP contribution in [0.25, 0.3) is 0 Å². The summed E-state index contributed by atoms with van der Waals surface area (Å²) in [6, 6.07) is 0. The van der Waals surface area contributed by atoms with Crippen molar-refractivity contribution in [3.8, 4) is 11.8 Å². The van der Waals surface area contributed by atoms with Crippen molar-refractivity contribution in [1.29, 1.82) is 0 Å². The van der Waals surface area contributed by atoms with E-state index in [0.29, 0.717) is 18.8 Å². The van der Waals surface area contributed by atoms with Gasteiger partial charge in [-0.2, -0.15) is 0 Å². The minimum Gasteiger partial charge on any atom is -0.406 e. The molecule has 1 atom stereocenters. The zero-order chi connectivity index (χ0) is 18.8. The molecule has 2 nitrogen and oxygen atoms in total. The molecule has 0 aliphatic carbocycles. The molecule has 0 spiro atoms. The van der Waals surface area contributed by atoms with E-state index in [1.807, 2.05) is 13.8 Å². The highest BCUT2D eigenvalue weighted by Gasteiger charge is 2.36. The van der Waals surface area contributed by atoms with Gasteiger partial charge in [0.25, 0.3) is 0 Å². The molecule has 0 aromatic heterocycles. The Hall–Kier alpha value is -0.593. The SMILES string of the molecule is CCCCCCC(C#CCO[Si](C)(C)C(C)(C)C)CC(=O)C(C)C. The van der Waals surface area contributed by atoms with Crippen molar-refractivity contribution < 1.29 is 9.22 Å². The first-order chi connectivity index (χ1) is 11.0. The monoisotopic (exact) mass is 352 g/mol. The third-order valence-electron chi connectivity index (χ3n) is 5.12. The van der Waals surface area contributed by atoms with E-state index < -0.39 is 8.32 Å². The van der Waals surface area contributed by atoms with Gasteiger partial charge in [-0.05, 0) is 24.6 Å². The van der Waals surface area contributed by atoms with Crippen molar-refractivity contribution in [2.24, 2.45) is 11.8 Å². The van der Waals surface area contributed by atoms with Gasteiger partial charge in [-0.1, -0.05) is 79.1 Å². The molecular formula is C21H40O2Si. The third-order valence-corrected chi connectivity index (χ3v) is 9.59. The maximum absolute atomic E-state index is 12.1. The average Bonchev–Trinajstić information content (AvgIpc) is 2.46. The van der Waals surface area contributed by atoms with Crippen molar-refractivity contribution >= 4 is 14.1 Å². The number of Topliss-reactive ketones (excluding diaryl/α,β-unsaturated/α-hetero) is 1. The Labute approximate surface area is 152 Å². The van der Waals surface area contributed by atoms with Crippen LogP contribution in [0.2, 0.25) is 18.1 Å². The lowest BCUT2D eigenvalue weighted by Gasteiger charge is -2.35. The molecule has 0 aliphatic rings. The van der Waals surface area contributed by atoms with Gasteiger partial charge in [0, 0.05) is 18.3 Å². The van der Waals surface area contributed by atoms with Crippen LogP contribution in [0.5, 0.6) is 0 Å². The minimum atomic E-state index is -1.73. The highest BCUT2D eigenvalue weighted by molar-refractivity contribution is 6.74. The largest absolute Gasteiger partial charge is 0.406 e. The number of rotatable bonds is 10. The highest BCUT2D eigenvalue weighted by atomic mass is 28.4. The second kappa shape index (κ2) is 11.1. The molecule has 0 aromatic carbocycles. The number of hydrogen-bond donors (Lipinski definition) is 0. The van der Waals surface area contributed by atoms with Crippen molar-refractivity contribution in [2.45, 2.75) is 98.2 Å². The Balaban J connectivity index is 4.61. The summed E-state index contributed by atoms with van der Waals surface area (Å²) in [5.41, 5.74) is 0. The lowest BCUT2D eigenvalue weighted by atomic mass is 9.92. The van der Waals surface area contributed by atoms with Gasteiger partial charge in [0.2, 0.25) is 0 Å². The summed E-state index contributed by atoms with van der Waals surface area (Å²) in [5, 5.41) is 0.210. The van der Waals surface area contributed by atoms with Crippen LogP contribution in [0.15, 0.2) is 0 Å². The fraction of sp³-hybridized carbons (Fsp3) is 0.857. The summed E-state index contributed by atoms with van der Waals surface area (Å²) >= 11 is 0. The summed E-state index contributed by atoms with van der Waals surface area (Å²) in [4.78, 5) is 12.1. The molecule has 0 bridgehead atoms. The van der Waals surface area contributed by atoms with E-state index in [1.54, 1.807) is 0 Å². The van der Waals surface area contributed by atoms with Crippen molar-refractivity contribution in [3.63, 3.8) is 0 Å². The van der Waals surface area contributed by atoms with Gasteiger partial charge in [0.15, 0.2) is 8.32 Å². The molecule has 24 heavy (non-hydrogen) atoms. The minimum absolute atomic E-state index is 0.105. The van der Waals surface area contributed by atoms with Crippen molar-refractivity contribution in [3.05, 3.63) is 0 Å². The molecule has 0 heterocycles. The third kappa shape index (κ3) is 9.64. The summed E-state index contributed by atoms with van der Waals surface area (Å²) < 4.78 is 6.12. The summed E-state index contributed by atoms with van der Waals surface area (Å²) in [5.74, 6) is 7.17. The van der Waals surface area contributed by atoms with Crippen LogP contribution in [0.4, 0.5) is 0 Å². The Morgan fingerprint density at radius 3 is 2.25 bits per heavy atom. The average molecular weight is 353 g/mol. The van der Waals surface area contributed by atoms with E-state index in [0.717, 1.165) is 6.42 Å². The number of carbonyl (C=O) groups is 1. The second-order valence-corrected chi connectivity index (χ2v) is 13.6. The second-order valence-electron chi connectivity index (χ2n) is 8.74. The van der Waals surface area contributed by atoms with Gasteiger partial charge in [-0.3, -0.25) is 4.79 Å². The van der Waals surface area contributed by atoms with Crippen LogP contribution < -0.4 is 0 Å². The first-order valence-corrected chi connectivity index (χ1v) is 12.6. The molecule has 0 radical (unpaired) electrons. The molecule has 0 aromatic rings. The van der Waals surface area contributed by atoms with E-state index in [2.05, 4.69) is 52.6 Å². The van der Waals surface area contributed by atoms with Crippen LogP contribution in [0.1, 0.15) is 80.1 Å². The van der Waals surface area contributed by atoms with Crippen LogP contribution in [0, 0.1) is 23.7 Å². The number of ketones is 1. The summed E-state index contributed by atoms with van der Waals surface area (Å²) in [6.45, 7) is 17.9. The van der Waals surface area contributed by atoms with E-state index >= 15 is 0 Å². The van der Waals surface area contributed by atoms with Crippen LogP contribution in [-0.4, -0.2) is 20.7 Å². The Morgan fingerprint density at radius 2 is 1.75 bits per heavy atom. The number of carbonyl (C=O) groups excluding carboxylic acids is 1. The van der Waals surface area contributed by atoms with E-state index in [9.17, 15) is 4.79 Å². The number of hydrogen-bond acceptors (Lipinski definition) is 2. The van der Waals surface area contributed by atoms with Gasteiger partial charge < -0.3 is 4.43 Å². The van der Waals surface area contributed by atoms with Gasteiger partial charge in [-0.15, -0.1) is 0 Å². The van der Waals surface area contributed by atoms with Crippen LogP contribution in [-0.2, 0) is 9.22 Å². The highest BCUT2D eigenvalue weighted by Crippen LogP contribution is 2.36. The van der Waals surface area contributed by atoms with Gasteiger partial charge in [0.05, 0.1) is 6.61 Å². The zero-order valence-electron chi connectivity index (χ0n) is 17.4. The van der Waals surface area contributed by atoms with Crippen molar-refractivity contribution in [1.82, 2.24) is 0 Å². The van der Waals surface area contributed by atoms with E-state index in [-0.39, 0.29) is 16.9 Å². The fourth-order valence-corrected chi connectivity index (χ4v) is 3.01.